The molecule has 2 aromatic carbocycles. The first-order valence-electron chi connectivity index (χ1n) is 15.8. The second-order valence-electron chi connectivity index (χ2n) is 13.9. The number of nitrogens with zero attached hydrogens (tertiary/aromatic N) is 2. The fourth-order valence-electron chi connectivity index (χ4n) is 8.90. The third-order valence-electron chi connectivity index (χ3n) is 11.3. The van der Waals surface area contributed by atoms with E-state index >= 15 is 0 Å². The fraction of sp³-hybridized carbons (Fsp3) is 0.424. The topological polar surface area (TPSA) is 186 Å². The van der Waals surface area contributed by atoms with Crippen LogP contribution in [0.3, 0.4) is 0 Å². The van der Waals surface area contributed by atoms with Crippen LogP contribution in [0.4, 0.5) is 0 Å². The van der Waals surface area contributed by atoms with E-state index in [2.05, 4.69) is 5.32 Å². The summed E-state index contributed by atoms with van der Waals surface area (Å²) in [5.41, 5.74) is -5.10. The fourth-order valence-corrected chi connectivity index (χ4v) is 9.02. The van der Waals surface area contributed by atoms with Crippen LogP contribution in [0.5, 0.6) is 5.75 Å². The summed E-state index contributed by atoms with van der Waals surface area (Å²) in [7, 11) is 3.09. The van der Waals surface area contributed by atoms with Gasteiger partial charge in [-0.1, -0.05) is 41.3 Å². The third kappa shape index (κ3) is 4.17. The zero-order chi connectivity index (χ0) is 34.6. The molecule has 3 aliphatic carbocycles. The van der Waals surface area contributed by atoms with Crippen LogP contribution in [0.25, 0.3) is 5.76 Å². The summed E-state index contributed by atoms with van der Waals surface area (Å²) in [4.78, 5) is 43.9. The summed E-state index contributed by atoms with van der Waals surface area (Å²) in [6, 6.07) is 10.1. The Balaban J connectivity index is 1.28. The number of rotatable bonds is 5. The quantitative estimate of drug-likeness (QED) is 0.192. The molecular weight excluding hydrogens is 645 g/mol. The van der Waals surface area contributed by atoms with Gasteiger partial charge in [-0.3, -0.25) is 19.3 Å². The molecule has 3 fully saturated rings. The Morgan fingerprint density at radius 2 is 1.71 bits per heavy atom. The number of aromatic hydroxyl groups is 1. The number of quaternary nitrogens is 1. The van der Waals surface area contributed by atoms with Gasteiger partial charge in [-0.25, -0.2) is 0 Å². The number of hydrogen-bond donors (Lipinski definition) is 6. The van der Waals surface area contributed by atoms with E-state index in [0.29, 0.717) is 31.3 Å². The number of carbonyl (C=O) groups excluding carboxylic acids is 3. The molecule has 15 heteroatoms. The molecule has 7 rings (SSSR count). The number of halogens is 1. The van der Waals surface area contributed by atoms with E-state index in [1.54, 1.807) is 38.4 Å². The maximum Gasteiger partial charge on any atom is 0.504 e. The average molecular weight is 682 g/mol. The van der Waals surface area contributed by atoms with Crippen molar-refractivity contribution in [3.8, 4) is 5.75 Å². The van der Waals surface area contributed by atoms with E-state index < -0.39 is 81.7 Å². The molecule has 48 heavy (non-hydrogen) atoms. The van der Waals surface area contributed by atoms with Gasteiger partial charge in [0.15, 0.2) is 11.4 Å². The Morgan fingerprint density at radius 3 is 2.33 bits per heavy atom. The van der Waals surface area contributed by atoms with Crippen molar-refractivity contribution in [2.75, 3.05) is 47.1 Å². The molecular formula is C33H37BClN3O10. The highest BCUT2D eigenvalue weighted by Crippen LogP contribution is 2.57. The zero-order valence-corrected chi connectivity index (χ0v) is 27.4. The Kier molecular flexibility index (Phi) is 7.43. The number of hydrogen-bond acceptors (Lipinski definition) is 11. The van der Waals surface area contributed by atoms with Crippen molar-refractivity contribution in [1.29, 1.82) is 0 Å². The smallest absolute Gasteiger partial charge is 0.504 e. The second kappa shape index (κ2) is 10.9. The molecule has 5 aliphatic rings. The molecule has 13 nitrogen and oxygen atoms in total. The van der Waals surface area contributed by atoms with Gasteiger partial charge < -0.3 is 44.6 Å². The van der Waals surface area contributed by atoms with Crippen molar-refractivity contribution in [3.05, 3.63) is 75.5 Å². The summed E-state index contributed by atoms with van der Waals surface area (Å²) in [6.45, 7) is 0.907. The van der Waals surface area contributed by atoms with Gasteiger partial charge in [0.25, 0.3) is 5.91 Å². The molecule has 0 spiro atoms. The number of aliphatic hydroxyl groups is 4. The van der Waals surface area contributed by atoms with Crippen LogP contribution in [-0.4, -0.2) is 118 Å². The molecule has 0 radical (unpaired) electrons. The summed E-state index contributed by atoms with van der Waals surface area (Å²) in [5, 5.41) is 60.9. The number of amides is 1. The lowest BCUT2D eigenvalue weighted by molar-refractivity contribution is -0.822. The number of carbonyl (C=O) groups is 3. The first-order chi connectivity index (χ1) is 22.6. The van der Waals surface area contributed by atoms with Crippen molar-refractivity contribution in [3.63, 3.8) is 0 Å². The predicted octanol–water partition coefficient (Wildman–Crippen LogP) is 0.594. The van der Waals surface area contributed by atoms with Gasteiger partial charge in [0, 0.05) is 22.4 Å². The molecule has 2 aliphatic heterocycles. The number of ketones is 2. The number of aliphatic hydroxyl groups excluding tert-OH is 2. The average Bonchev–Trinajstić information content (AvgIpc) is 3.57. The number of nitrogens with one attached hydrogen (secondary N) is 1. The maximum absolute atomic E-state index is 14.4. The van der Waals surface area contributed by atoms with Gasteiger partial charge in [0.05, 0.1) is 43.5 Å². The van der Waals surface area contributed by atoms with Gasteiger partial charge >= 0.3 is 6.69 Å². The minimum Gasteiger partial charge on any atom is -0.508 e. The van der Waals surface area contributed by atoms with Crippen molar-refractivity contribution in [1.82, 2.24) is 10.2 Å². The summed E-state index contributed by atoms with van der Waals surface area (Å²) in [6.07, 6.45) is -0.224. The van der Waals surface area contributed by atoms with E-state index in [9.17, 15) is 39.9 Å². The van der Waals surface area contributed by atoms with Gasteiger partial charge in [-0.15, -0.1) is 0 Å². The maximum atomic E-state index is 14.4. The molecule has 2 saturated heterocycles. The number of phenols is 1. The standard InChI is InChI=1S/C33H37BClN3O10/c1-32(45)19-5-4-6-22(39)23(19)27(40)24-20(32)15-21-26(37(2)3)28(41)25(30(43)33(21,46)29(24)42)31(44)36-16-38-11-13-47-34(38,48-14-12-38)17-7-9-18(35)10-8-17/h4-10,20-21,26,39-40,43,45-46H,11-16H2,1-3H3,(H,36,44). The van der Waals surface area contributed by atoms with E-state index in [4.69, 9.17) is 20.9 Å². The minimum atomic E-state index is -2.82. The van der Waals surface area contributed by atoms with Gasteiger partial charge in [0.2, 0.25) is 5.78 Å². The van der Waals surface area contributed by atoms with Crippen LogP contribution in [0.2, 0.25) is 5.02 Å². The predicted molar refractivity (Wildman–Crippen MR) is 173 cm³/mol. The summed E-state index contributed by atoms with van der Waals surface area (Å²) >= 11 is 6.12. The number of likely N-dealkylation sites (N-methyl/N-ethyl adjacent to an activating group) is 1. The number of fused-ring (bicyclic) bond motifs is 4. The molecule has 5 unspecified atom stereocenters. The van der Waals surface area contributed by atoms with E-state index in [1.165, 1.54) is 30.0 Å². The highest BCUT2D eigenvalue weighted by Gasteiger charge is 2.67. The lowest BCUT2D eigenvalue weighted by atomic mass is 9.54. The highest BCUT2D eigenvalue weighted by atomic mass is 35.5. The monoisotopic (exact) mass is 681 g/mol. The molecule has 254 valence electrons. The minimum absolute atomic E-state index is 0.0547. The normalized spacial score (nSPS) is 35.8. The van der Waals surface area contributed by atoms with Gasteiger partial charge in [0.1, 0.15) is 29.5 Å². The van der Waals surface area contributed by atoms with Crippen molar-refractivity contribution in [2.45, 2.75) is 30.6 Å². The molecule has 1 amide bonds. The van der Waals surface area contributed by atoms with Crippen LogP contribution in [-0.2, 0) is 29.3 Å². The highest BCUT2D eigenvalue weighted by molar-refractivity contribution is 6.75. The number of Topliss-reactive ketones (excluding diaryl/α,β-unsaturated/α-hetero) is 2. The third-order valence-corrected chi connectivity index (χ3v) is 11.6. The Bertz CT molecular complexity index is 1820. The second-order valence-corrected chi connectivity index (χ2v) is 14.3. The van der Waals surface area contributed by atoms with Crippen LogP contribution in [0.1, 0.15) is 24.5 Å². The van der Waals surface area contributed by atoms with Crippen molar-refractivity contribution in [2.24, 2.45) is 11.8 Å². The molecule has 0 aromatic heterocycles. The van der Waals surface area contributed by atoms with Gasteiger partial charge in [-0.2, -0.15) is 0 Å². The van der Waals surface area contributed by atoms with Gasteiger partial charge in [-0.05, 0) is 51.2 Å². The lowest BCUT2D eigenvalue weighted by Gasteiger charge is -2.53. The van der Waals surface area contributed by atoms with E-state index in [1.807, 2.05) is 0 Å². The molecule has 1 saturated carbocycles. The van der Waals surface area contributed by atoms with Crippen LogP contribution in [0, 0.1) is 11.8 Å². The molecule has 2 heterocycles. The zero-order valence-electron chi connectivity index (χ0n) is 26.6. The lowest BCUT2D eigenvalue weighted by Crippen LogP contribution is -2.72. The SMILES string of the molecule is CN(C)C1C(=O)C(C(=O)NC[N+]23CCO[B-]2(c2ccc(Cl)cc2)OCC3)=C(O)C2(O)C(=O)C3=C(O)c4c(O)cccc4C(C)(O)C3CC12. The molecule has 2 aromatic rings. The Labute approximate surface area is 281 Å². The summed E-state index contributed by atoms with van der Waals surface area (Å²) in [5.74, 6) is -7.61. The number of phenolic OH excluding ortho intramolecular Hbond substituents is 1. The van der Waals surface area contributed by atoms with Crippen LogP contribution in [0.15, 0.2) is 59.4 Å². The van der Waals surface area contributed by atoms with Crippen LogP contribution >= 0.6 is 11.6 Å². The first-order valence-corrected chi connectivity index (χ1v) is 16.2. The Morgan fingerprint density at radius 1 is 1.06 bits per heavy atom. The molecule has 0 bridgehead atoms. The number of benzene rings is 2. The van der Waals surface area contributed by atoms with Crippen molar-refractivity contribution < 1.29 is 53.6 Å². The first kappa shape index (κ1) is 32.8. The Hall–Kier alpha value is -3.76. The molecule has 6 N–H and O–H groups in total. The molecule has 5 atom stereocenters. The van der Waals surface area contributed by atoms with Crippen molar-refractivity contribution >= 4 is 47.0 Å². The van der Waals surface area contributed by atoms with Crippen LogP contribution < -0.4 is 10.8 Å². The van der Waals surface area contributed by atoms with E-state index in [0.717, 1.165) is 5.46 Å². The summed E-state index contributed by atoms with van der Waals surface area (Å²) < 4.78 is 12.6. The largest absolute Gasteiger partial charge is 0.508 e. The van der Waals surface area contributed by atoms with E-state index in [-0.39, 0.29) is 28.6 Å².